The molecule has 190 valence electrons. The lowest BCUT2D eigenvalue weighted by Gasteiger charge is -2.29. The van der Waals surface area contributed by atoms with Gasteiger partial charge in [0.15, 0.2) is 17.4 Å². The zero-order valence-corrected chi connectivity index (χ0v) is 18.5. The summed E-state index contributed by atoms with van der Waals surface area (Å²) in [4.78, 5) is 15.0. The van der Waals surface area contributed by atoms with Crippen LogP contribution >= 0.6 is 0 Å². The molecule has 1 N–H and O–H groups in total. The van der Waals surface area contributed by atoms with Crippen molar-refractivity contribution in [3.63, 3.8) is 0 Å². The van der Waals surface area contributed by atoms with E-state index in [2.05, 4.69) is 15.0 Å². The van der Waals surface area contributed by atoms with Crippen molar-refractivity contribution >= 4 is 16.9 Å². The molecule has 13 heteroatoms. The van der Waals surface area contributed by atoms with Crippen molar-refractivity contribution in [3.05, 3.63) is 17.7 Å². The maximum absolute atomic E-state index is 14.7. The summed E-state index contributed by atoms with van der Waals surface area (Å²) in [5, 5.41) is 2.15. The summed E-state index contributed by atoms with van der Waals surface area (Å²) in [7, 11) is 1.41. The van der Waals surface area contributed by atoms with Crippen molar-refractivity contribution < 1.29 is 45.3 Å². The van der Waals surface area contributed by atoms with Crippen LogP contribution in [0.2, 0.25) is 0 Å². The molecule has 0 aliphatic heterocycles. The number of nitrogens with zero attached hydrogens (tertiary/aromatic N) is 2. The van der Waals surface area contributed by atoms with Crippen molar-refractivity contribution in [2.24, 2.45) is 7.05 Å². The fourth-order valence-corrected chi connectivity index (χ4v) is 3.72. The smallest absolute Gasteiger partial charge is 0.315 e. The van der Waals surface area contributed by atoms with Gasteiger partial charge in [-0.3, -0.25) is 9.36 Å². The minimum Gasteiger partial charge on any atom is -0.484 e. The van der Waals surface area contributed by atoms with Crippen LogP contribution in [0.1, 0.15) is 32.6 Å². The Morgan fingerprint density at radius 3 is 2.41 bits per heavy atom. The summed E-state index contributed by atoms with van der Waals surface area (Å²) < 4.78 is 95.8. The second-order valence-corrected chi connectivity index (χ2v) is 8.08. The van der Waals surface area contributed by atoms with Crippen molar-refractivity contribution in [2.45, 2.75) is 63.7 Å². The molecule has 3 rings (SSSR count). The fraction of sp³-hybridized carbons (Fsp3) is 0.619. The van der Waals surface area contributed by atoms with Gasteiger partial charge in [0.25, 0.3) is 18.3 Å². The van der Waals surface area contributed by atoms with Gasteiger partial charge in [0.2, 0.25) is 0 Å². The van der Waals surface area contributed by atoms with Crippen LogP contribution in [-0.4, -0.2) is 59.8 Å². The lowest BCUT2D eigenvalue weighted by molar-refractivity contribution is -0.133. The Hall–Kier alpha value is -2.70. The number of halogens is 6. The van der Waals surface area contributed by atoms with E-state index < -0.39 is 48.8 Å². The van der Waals surface area contributed by atoms with E-state index in [1.165, 1.54) is 11.6 Å². The lowest BCUT2D eigenvalue weighted by atomic mass is 9.95. The number of hydrogen-bond acceptors (Lipinski definition) is 5. The molecule has 2 aromatic rings. The number of nitrogens with one attached hydrogen (secondary N) is 1. The lowest BCUT2D eigenvalue weighted by Crippen LogP contribution is -2.40. The first kappa shape index (κ1) is 25.9. The van der Waals surface area contributed by atoms with Gasteiger partial charge in [-0.25, -0.2) is 17.6 Å². The molecule has 1 aromatic carbocycles. The maximum atomic E-state index is 14.7. The van der Waals surface area contributed by atoms with Gasteiger partial charge in [-0.05, 0) is 32.6 Å². The number of benzene rings is 1. The third kappa shape index (κ3) is 6.24. The fourth-order valence-electron chi connectivity index (χ4n) is 3.72. The minimum atomic E-state index is -3.09. The first-order valence-electron chi connectivity index (χ1n) is 10.7. The van der Waals surface area contributed by atoms with E-state index in [0.717, 1.165) is 0 Å². The number of ether oxygens (including phenoxy) is 3. The monoisotopic (exact) mass is 497 g/mol. The number of hydrogen-bond donors (Lipinski definition) is 1. The maximum Gasteiger partial charge on any atom is 0.315 e. The van der Waals surface area contributed by atoms with Crippen LogP contribution in [0.25, 0.3) is 11.0 Å². The van der Waals surface area contributed by atoms with Gasteiger partial charge in [-0.2, -0.15) is 13.8 Å². The number of alkyl halides is 4. The highest BCUT2D eigenvalue weighted by Gasteiger charge is 2.27. The first-order valence-corrected chi connectivity index (χ1v) is 10.7. The van der Waals surface area contributed by atoms with Crippen molar-refractivity contribution in [1.82, 2.24) is 14.9 Å². The van der Waals surface area contributed by atoms with Gasteiger partial charge in [-0.1, -0.05) is 0 Å². The number of amides is 1. The van der Waals surface area contributed by atoms with Gasteiger partial charge in [0, 0.05) is 19.2 Å². The molecule has 0 spiro atoms. The highest BCUT2D eigenvalue weighted by atomic mass is 19.3. The molecule has 1 heterocycles. The van der Waals surface area contributed by atoms with Crippen LogP contribution in [0.15, 0.2) is 6.07 Å². The molecule has 1 fully saturated rings. The summed E-state index contributed by atoms with van der Waals surface area (Å²) in [6.45, 7) is 0.558. The first-order chi connectivity index (χ1) is 16.1. The topological polar surface area (TPSA) is 74.6 Å². The molecular weight excluding hydrogens is 472 g/mol. The van der Waals surface area contributed by atoms with Crippen LogP contribution in [0.3, 0.4) is 0 Å². The average Bonchev–Trinajstić information content (AvgIpc) is 3.11. The molecule has 0 unspecified atom stereocenters. The van der Waals surface area contributed by atoms with Crippen LogP contribution in [0.5, 0.6) is 11.8 Å². The number of imidazole rings is 1. The predicted molar refractivity (Wildman–Crippen MR) is 108 cm³/mol. The molecular formula is C21H25F6N3O4. The largest absolute Gasteiger partial charge is 0.484 e. The number of carbonyl (C=O) groups is 1. The van der Waals surface area contributed by atoms with Crippen molar-refractivity contribution in [2.75, 3.05) is 13.2 Å². The highest BCUT2D eigenvalue weighted by Crippen LogP contribution is 2.33. The quantitative estimate of drug-likeness (QED) is 0.503. The van der Waals surface area contributed by atoms with Crippen LogP contribution in [0, 0.1) is 11.6 Å². The van der Waals surface area contributed by atoms with Gasteiger partial charge in [-0.15, -0.1) is 0 Å². The second-order valence-electron chi connectivity index (χ2n) is 8.08. The molecule has 1 aliphatic rings. The Balaban J connectivity index is 1.57. The Kier molecular flexibility index (Phi) is 8.50. The molecule has 1 amide bonds. The molecule has 1 saturated carbocycles. The Morgan fingerprint density at radius 1 is 1.15 bits per heavy atom. The molecule has 1 aliphatic carbocycles. The van der Waals surface area contributed by atoms with Gasteiger partial charge in [0.1, 0.15) is 23.7 Å². The van der Waals surface area contributed by atoms with E-state index in [1.807, 2.05) is 0 Å². The van der Waals surface area contributed by atoms with Crippen molar-refractivity contribution in [3.8, 4) is 11.8 Å². The Bertz CT molecular complexity index is 995. The number of aromatic nitrogens is 2. The molecule has 34 heavy (non-hydrogen) atoms. The van der Waals surface area contributed by atoms with Crippen LogP contribution < -0.4 is 14.8 Å². The number of rotatable bonds is 10. The third-order valence-electron chi connectivity index (χ3n) is 5.39. The molecule has 1 aromatic heterocycles. The SMILES string of the molecule is C[C@@H](CO[C@H]1CC[C@H](Oc2nc3c(F)cc(OCC(F)F)c(F)c3n2C)CC1)NC(=O)C(F)F. The van der Waals surface area contributed by atoms with Gasteiger partial charge < -0.3 is 19.5 Å². The van der Waals surface area contributed by atoms with E-state index in [0.29, 0.717) is 31.7 Å². The highest BCUT2D eigenvalue weighted by molar-refractivity contribution is 5.80. The van der Waals surface area contributed by atoms with E-state index >= 15 is 0 Å². The number of carbonyl (C=O) groups excluding carboxylic acids is 1. The Labute approximate surface area is 191 Å². The summed E-state index contributed by atoms with van der Waals surface area (Å²) >= 11 is 0. The van der Waals surface area contributed by atoms with Gasteiger partial charge >= 0.3 is 6.43 Å². The second kappa shape index (κ2) is 11.2. The van der Waals surface area contributed by atoms with E-state index in [4.69, 9.17) is 9.47 Å². The van der Waals surface area contributed by atoms with E-state index in [-0.39, 0.29) is 35.9 Å². The third-order valence-corrected chi connectivity index (χ3v) is 5.39. The zero-order valence-electron chi connectivity index (χ0n) is 18.5. The van der Waals surface area contributed by atoms with E-state index in [1.54, 1.807) is 6.92 Å². The summed E-state index contributed by atoms with van der Waals surface area (Å²) in [5.74, 6) is -3.95. The summed E-state index contributed by atoms with van der Waals surface area (Å²) in [5.41, 5.74) is -0.577. The molecule has 7 nitrogen and oxygen atoms in total. The number of fused-ring (bicyclic) bond motifs is 1. The zero-order chi connectivity index (χ0) is 25.0. The summed E-state index contributed by atoms with van der Waals surface area (Å²) in [6, 6.07) is 0.0609. The minimum absolute atomic E-state index is 0.0356. The van der Waals surface area contributed by atoms with Gasteiger partial charge in [0.05, 0.1) is 12.7 Å². The van der Waals surface area contributed by atoms with E-state index in [9.17, 15) is 31.1 Å². The van der Waals surface area contributed by atoms with Crippen LogP contribution in [0.4, 0.5) is 26.3 Å². The molecule has 0 bridgehead atoms. The normalized spacial score (nSPS) is 19.6. The molecule has 1 atom stereocenters. The predicted octanol–water partition coefficient (Wildman–Crippen LogP) is 3.97. The van der Waals surface area contributed by atoms with Crippen molar-refractivity contribution in [1.29, 1.82) is 0 Å². The van der Waals surface area contributed by atoms with Crippen LogP contribution in [-0.2, 0) is 16.6 Å². The Morgan fingerprint density at radius 2 is 1.79 bits per heavy atom. The standard InChI is InChI=1S/C21H25F6N3O4/c1-10(28-20(31)19(26)27)8-32-11-3-5-12(6-4-11)34-21-29-17-13(22)7-14(33-9-15(23)24)16(25)18(17)30(21)2/h7,10-12,15,19H,3-6,8-9H2,1-2H3,(H,28,31)/t10-,11-,12-/m0/s1. The molecule has 0 radical (unpaired) electrons. The average molecular weight is 497 g/mol. The molecule has 0 saturated heterocycles. The number of aryl methyl sites for hydroxylation is 1. The summed E-state index contributed by atoms with van der Waals surface area (Å²) in [6.07, 6.45) is -4.16.